The van der Waals surface area contributed by atoms with E-state index in [1.54, 1.807) is 18.6 Å². The number of imidazole rings is 1. The smallest absolute Gasteiger partial charge is 0.235 e. The van der Waals surface area contributed by atoms with E-state index in [0.717, 1.165) is 22.2 Å². The molecule has 0 fully saturated rings. The lowest BCUT2D eigenvalue weighted by molar-refractivity contribution is 0.293. The number of hydrogen-bond donors (Lipinski definition) is 5. The molecule has 0 saturated carbocycles. The number of anilines is 1. The number of allylic oxidation sites excluding steroid dienone is 1. The van der Waals surface area contributed by atoms with Gasteiger partial charge in [-0.05, 0) is 29.3 Å². The summed E-state index contributed by atoms with van der Waals surface area (Å²) in [6.45, 7) is 2.49. The van der Waals surface area contributed by atoms with E-state index in [0.29, 0.717) is 24.1 Å². The molecule has 0 aliphatic carbocycles. The minimum Gasteiger partial charge on any atom is -0.472 e. The Morgan fingerprint density at radius 3 is 2.91 bits per heavy atom. The van der Waals surface area contributed by atoms with E-state index < -0.39 is 5.79 Å². The molecule has 2 atom stereocenters. The summed E-state index contributed by atoms with van der Waals surface area (Å²) in [7, 11) is 0. The molecular weight excluding hydrogens is 404 g/mol. The van der Waals surface area contributed by atoms with Crippen LogP contribution in [0.5, 0.6) is 5.88 Å². The van der Waals surface area contributed by atoms with E-state index in [4.69, 9.17) is 10.5 Å². The fourth-order valence-corrected chi connectivity index (χ4v) is 3.61. The first-order chi connectivity index (χ1) is 15.6. The first-order valence-electron chi connectivity index (χ1n) is 10.3. The number of hydrogen-bond acceptors (Lipinski definition) is 7. The maximum absolute atomic E-state index is 6.65. The van der Waals surface area contributed by atoms with Gasteiger partial charge in [-0.3, -0.25) is 15.8 Å². The van der Waals surface area contributed by atoms with E-state index in [1.807, 2.05) is 55.5 Å². The van der Waals surface area contributed by atoms with Crippen LogP contribution in [-0.2, 0) is 6.61 Å². The second kappa shape index (κ2) is 8.20. The van der Waals surface area contributed by atoms with Gasteiger partial charge in [0.25, 0.3) is 0 Å². The Labute approximate surface area is 184 Å². The average molecular weight is 429 g/mol. The van der Waals surface area contributed by atoms with Crippen molar-refractivity contribution >= 4 is 23.1 Å². The highest BCUT2D eigenvalue weighted by molar-refractivity contribution is 5.76. The molecule has 3 heterocycles. The first-order valence-corrected chi connectivity index (χ1v) is 10.3. The van der Waals surface area contributed by atoms with Gasteiger partial charge in [0.1, 0.15) is 18.2 Å². The zero-order valence-corrected chi connectivity index (χ0v) is 17.5. The van der Waals surface area contributed by atoms with Crippen LogP contribution in [0, 0.1) is 0 Å². The number of benzene rings is 2. The third kappa shape index (κ3) is 4.06. The van der Waals surface area contributed by atoms with Crippen LogP contribution in [-0.4, -0.2) is 32.2 Å². The van der Waals surface area contributed by atoms with Crippen molar-refractivity contribution in [2.45, 2.75) is 25.2 Å². The number of rotatable bonds is 7. The van der Waals surface area contributed by atoms with Crippen LogP contribution in [0.15, 0.2) is 77.8 Å². The molecular formula is C23H24N8O. The summed E-state index contributed by atoms with van der Waals surface area (Å²) in [5, 5.41) is 13.7. The van der Waals surface area contributed by atoms with E-state index in [1.165, 1.54) is 0 Å². The van der Waals surface area contributed by atoms with E-state index >= 15 is 0 Å². The highest BCUT2D eigenvalue weighted by Crippen LogP contribution is 2.29. The Hall–Kier alpha value is -4.11. The fraction of sp³-hybridized carbons (Fsp3) is 0.174. The van der Waals surface area contributed by atoms with Crippen LogP contribution in [0.4, 0.5) is 5.82 Å². The zero-order chi connectivity index (χ0) is 22.0. The van der Waals surface area contributed by atoms with Gasteiger partial charge in [0, 0.05) is 18.2 Å². The van der Waals surface area contributed by atoms with Gasteiger partial charge in [-0.25, -0.2) is 4.98 Å². The van der Waals surface area contributed by atoms with Crippen LogP contribution in [0.25, 0.3) is 11.0 Å². The maximum Gasteiger partial charge on any atom is 0.235 e. The van der Waals surface area contributed by atoms with Gasteiger partial charge in [0.15, 0.2) is 5.79 Å². The maximum atomic E-state index is 6.65. The van der Waals surface area contributed by atoms with Crippen molar-refractivity contribution in [2.75, 3.05) is 5.32 Å². The molecule has 0 spiro atoms. The van der Waals surface area contributed by atoms with Crippen molar-refractivity contribution in [1.82, 2.24) is 25.5 Å². The molecule has 1 unspecified atom stereocenters. The number of H-pyrrole nitrogens is 2. The monoisotopic (exact) mass is 428 g/mol. The molecule has 0 saturated heterocycles. The normalized spacial score (nSPS) is 18.8. The van der Waals surface area contributed by atoms with Crippen LogP contribution in [0.1, 0.15) is 24.0 Å². The third-order valence-electron chi connectivity index (χ3n) is 5.52. The molecule has 9 nitrogen and oxygen atoms in total. The molecule has 0 amide bonds. The summed E-state index contributed by atoms with van der Waals surface area (Å²) < 4.78 is 5.75. The van der Waals surface area contributed by atoms with Gasteiger partial charge >= 0.3 is 0 Å². The predicted octanol–water partition coefficient (Wildman–Crippen LogP) is 3.21. The number of nitrogens with zero attached hydrogens (tertiary/aromatic N) is 3. The number of aromatic amines is 2. The van der Waals surface area contributed by atoms with Crippen molar-refractivity contribution in [3.05, 3.63) is 83.9 Å². The molecule has 162 valence electrons. The van der Waals surface area contributed by atoms with Crippen molar-refractivity contribution in [3.63, 3.8) is 0 Å². The number of aliphatic imine (C=N–C) groups is 1. The molecule has 6 N–H and O–H groups in total. The summed E-state index contributed by atoms with van der Waals surface area (Å²) in [6, 6.07) is 17.8. The molecule has 2 aromatic carbocycles. The number of aromatic nitrogens is 4. The molecule has 32 heavy (non-hydrogen) atoms. The lowest BCUT2D eigenvalue weighted by Gasteiger charge is -2.36. The standard InChI is InChI=1S/C23H24N8O/c1-15(17-7-8-18-19(11-17)26-14-25-18)23(24)27-10-9-20(29-23)28-21-12-22(31-30-21)32-13-16-5-3-2-4-6-16/h2-12,14-15,29H,13,24H2,1H3,(H,25,26)(H2,28,30,31)/t15-,23?/m0/s1. The Balaban J connectivity index is 1.24. The van der Waals surface area contributed by atoms with Crippen LogP contribution >= 0.6 is 0 Å². The highest BCUT2D eigenvalue weighted by Gasteiger charge is 2.34. The largest absolute Gasteiger partial charge is 0.472 e. The number of nitrogens with two attached hydrogens (primary N) is 1. The highest BCUT2D eigenvalue weighted by atomic mass is 16.5. The molecule has 4 aromatic rings. The number of fused-ring (bicyclic) bond motifs is 1. The molecule has 2 aromatic heterocycles. The van der Waals surface area contributed by atoms with Crippen molar-refractivity contribution in [2.24, 2.45) is 10.7 Å². The van der Waals surface area contributed by atoms with Crippen molar-refractivity contribution in [3.8, 4) is 5.88 Å². The summed E-state index contributed by atoms with van der Waals surface area (Å²) in [6.07, 6.45) is 5.20. The van der Waals surface area contributed by atoms with Crippen LogP contribution < -0.4 is 21.1 Å². The molecule has 1 aliphatic rings. The molecule has 0 radical (unpaired) electrons. The van der Waals surface area contributed by atoms with Crippen LogP contribution in [0.2, 0.25) is 0 Å². The number of nitrogens with one attached hydrogen (secondary N) is 4. The average Bonchev–Trinajstić information content (AvgIpc) is 3.46. The van der Waals surface area contributed by atoms with Gasteiger partial charge in [-0.15, -0.1) is 5.10 Å². The predicted molar refractivity (Wildman–Crippen MR) is 124 cm³/mol. The number of ether oxygens (including phenoxy) is 1. The third-order valence-corrected chi connectivity index (χ3v) is 5.52. The SMILES string of the molecule is C[C@@H](c1ccc2nc[nH]c2c1)C1(N)N=CC=C(Nc2cc(OCc3ccccc3)n[nH]2)N1. The lowest BCUT2D eigenvalue weighted by Crippen LogP contribution is -2.57. The summed E-state index contributed by atoms with van der Waals surface area (Å²) in [4.78, 5) is 11.9. The second-order valence-electron chi connectivity index (χ2n) is 7.73. The van der Waals surface area contributed by atoms with E-state index in [9.17, 15) is 0 Å². The minimum absolute atomic E-state index is 0.108. The topological polar surface area (TPSA) is 129 Å². The summed E-state index contributed by atoms with van der Waals surface area (Å²) in [5.41, 5.74) is 10.7. The van der Waals surface area contributed by atoms with Gasteiger partial charge < -0.3 is 20.4 Å². The van der Waals surface area contributed by atoms with Gasteiger partial charge in [0.05, 0.1) is 17.4 Å². The second-order valence-corrected chi connectivity index (χ2v) is 7.73. The quantitative estimate of drug-likeness (QED) is 0.307. The molecule has 0 bridgehead atoms. The lowest BCUT2D eigenvalue weighted by atomic mass is 9.93. The minimum atomic E-state index is -1.02. The van der Waals surface area contributed by atoms with E-state index in [2.05, 4.69) is 41.9 Å². The van der Waals surface area contributed by atoms with Crippen LogP contribution in [0.3, 0.4) is 0 Å². The fourth-order valence-electron chi connectivity index (χ4n) is 3.61. The van der Waals surface area contributed by atoms with Gasteiger partial charge in [-0.2, -0.15) is 0 Å². The Bertz CT molecular complexity index is 1280. The summed E-state index contributed by atoms with van der Waals surface area (Å²) >= 11 is 0. The Morgan fingerprint density at radius 1 is 1.16 bits per heavy atom. The molecule has 5 rings (SSSR count). The molecule has 1 aliphatic heterocycles. The van der Waals surface area contributed by atoms with Gasteiger partial charge in [-0.1, -0.05) is 43.3 Å². The van der Waals surface area contributed by atoms with Crippen molar-refractivity contribution < 1.29 is 4.74 Å². The van der Waals surface area contributed by atoms with Crippen molar-refractivity contribution in [1.29, 1.82) is 0 Å². The Kier molecular flexibility index (Phi) is 5.08. The Morgan fingerprint density at radius 2 is 2.03 bits per heavy atom. The first kappa shape index (κ1) is 19.8. The van der Waals surface area contributed by atoms with Gasteiger partial charge in [0.2, 0.25) is 5.88 Å². The summed E-state index contributed by atoms with van der Waals surface area (Å²) in [5.74, 6) is 0.758. The molecule has 9 heteroatoms. The van der Waals surface area contributed by atoms with E-state index in [-0.39, 0.29) is 5.92 Å². The zero-order valence-electron chi connectivity index (χ0n) is 17.5.